The van der Waals surface area contributed by atoms with Crippen molar-refractivity contribution in [1.29, 1.82) is 0 Å². The molecule has 0 atom stereocenters. The standard InChI is InChI=1S/C16H24N2O/c1-12(2)18-9-16(3,10-18)11-19-15-6-4-5-13-7-17-8-14(13)15/h4-6,12,17H,7-11H2,1-3H3. The number of hydrogen-bond donors (Lipinski definition) is 1. The first-order chi connectivity index (χ1) is 9.07. The molecular formula is C16H24N2O. The monoisotopic (exact) mass is 260 g/mol. The maximum Gasteiger partial charge on any atom is 0.124 e. The Hall–Kier alpha value is -1.06. The van der Waals surface area contributed by atoms with E-state index in [1.807, 2.05) is 0 Å². The van der Waals surface area contributed by atoms with E-state index in [1.165, 1.54) is 11.1 Å². The summed E-state index contributed by atoms with van der Waals surface area (Å²) in [6, 6.07) is 7.05. The van der Waals surface area contributed by atoms with Gasteiger partial charge in [0.15, 0.2) is 0 Å². The van der Waals surface area contributed by atoms with Crippen LogP contribution in [-0.2, 0) is 13.1 Å². The zero-order chi connectivity index (χ0) is 13.5. The molecule has 1 N–H and O–H groups in total. The van der Waals surface area contributed by atoms with Gasteiger partial charge in [-0.25, -0.2) is 0 Å². The molecule has 0 bridgehead atoms. The van der Waals surface area contributed by atoms with Gasteiger partial charge in [-0.05, 0) is 25.5 Å². The molecule has 0 unspecified atom stereocenters. The highest BCUT2D eigenvalue weighted by Gasteiger charge is 2.40. The second-order valence-corrected chi connectivity index (χ2v) is 6.60. The van der Waals surface area contributed by atoms with Crippen LogP contribution in [0.4, 0.5) is 0 Å². The third-order valence-electron chi connectivity index (χ3n) is 4.32. The summed E-state index contributed by atoms with van der Waals surface area (Å²) < 4.78 is 6.12. The topological polar surface area (TPSA) is 24.5 Å². The van der Waals surface area contributed by atoms with Gasteiger partial charge in [0.1, 0.15) is 5.75 Å². The first-order valence-corrected chi connectivity index (χ1v) is 7.26. The minimum atomic E-state index is 0.318. The van der Waals surface area contributed by atoms with Gasteiger partial charge in [0.2, 0.25) is 0 Å². The molecular weight excluding hydrogens is 236 g/mol. The lowest BCUT2D eigenvalue weighted by Crippen LogP contribution is -2.59. The molecule has 0 aliphatic carbocycles. The van der Waals surface area contributed by atoms with Crippen LogP contribution in [0.1, 0.15) is 31.9 Å². The molecule has 1 aromatic carbocycles. The smallest absolute Gasteiger partial charge is 0.124 e. The van der Waals surface area contributed by atoms with Crippen LogP contribution in [0.15, 0.2) is 18.2 Å². The quantitative estimate of drug-likeness (QED) is 0.899. The average molecular weight is 260 g/mol. The molecule has 1 aromatic rings. The highest BCUT2D eigenvalue weighted by molar-refractivity contribution is 5.42. The summed E-state index contributed by atoms with van der Waals surface area (Å²) in [5.74, 6) is 1.08. The predicted molar refractivity (Wildman–Crippen MR) is 77.3 cm³/mol. The fourth-order valence-electron chi connectivity index (χ4n) is 3.08. The highest BCUT2D eigenvalue weighted by atomic mass is 16.5. The van der Waals surface area contributed by atoms with E-state index in [2.05, 4.69) is 49.2 Å². The third-order valence-corrected chi connectivity index (χ3v) is 4.32. The number of rotatable bonds is 4. The van der Waals surface area contributed by atoms with E-state index in [1.54, 1.807) is 0 Å². The van der Waals surface area contributed by atoms with Crippen molar-refractivity contribution in [2.45, 2.75) is 39.9 Å². The van der Waals surface area contributed by atoms with Gasteiger partial charge in [-0.15, -0.1) is 0 Å². The lowest BCUT2D eigenvalue weighted by molar-refractivity contribution is -0.0377. The number of nitrogens with zero attached hydrogens (tertiary/aromatic N) is 1. The van der Waals surface area contributed by atoms with Crippen molar-refractivity contribution in [3.63, 3.8) is 0 Å². The van der Waals surface area contributed by atoms with Gasteiger partial charge in [-0.2, -0.15) is 0 Å². The second kappa shape index (κ2) is 4.80. The molecule has 1 fully saturated rings. The van der Waals surface area contributed by atoms with Crippen LogP contribution in [-0.4, -0.2) is 30.6 Å². The Bertz CT molecular complexity index is 464. The molecule has 0 aromatic heterocycles. The molecule has 1 saturated heterocycles. The average Bonchev–Trinajstić information content (AvgIpc) is 2.81. The Balaban J connectivity index is 1.60. The summed E-state index contributed by atoms with van der Waals surface area (Å²) in [5, 5.41) is 3.39. The molecule has 104 valence electrons. The summed E-state index contributed by atoms with van der Waals surface area (Å²) >= 11 is 0. The molecule has 3 heteroatoms. The molecule has 2 aliphatic heterocycles. The minimum absolute atomic E-state index is 0.318. The first-order valence-electron chi connectivity index (χ1n) is 7.26. The molecule has 19 heavy (non-hydrogen) atoms. The number of benzene rings is 1. The Morgan fingerprint density at radius 2 is 2.11 bits per heavy atom. The van der Waals surface area contributed by atoms with Crippen LogP contribution in [0.5, 0.6) is 5.75 Å². The summed E-state index contributed by atoms with van der Waals surface area (Å²) in [6.45, 7) is 11.9. The fraction of sp³-hybridized carbons (Fsp3) is 0.625. The molecule has 0 amide bonds. The first kappa shape index (κ1) is 12.9. The molecule has 3 rings (SSSR count). The molecule has 0 spiro atoms. The van der Waals surface area contributed by atoms with Crippen LogP contribution in [0.3, 0.4) is 0 Å². The lowest BCUT2D eigenvalue weighted by Gasteiger charge is -2.49. The van der Waals surface area contributed by atoms with Crippen LogP contribution in [0.2, 0.25) is 0 Å². The van der Waals surface area contributed by atoms with E-state index in [9.17, 15) is 0 Å². The Morgan fingerprint density at radius 3 is 2.84 bits per heavy atom. The minimum Gasteiger partial charge on any atom is -0.493 e. The maximum absolute atomic E-state index is 6.12. The van der Waals surface area contributed by atoms with Gasteiger partial charge in [-0.1, -0.05) is 19.1 Å². The van der Waals surface area contributed by atoms with Gasteiger partial charge < -0.3 is 10.1 Å². The van der Waals surface area contributed by atoms with Crippen molar-refractivity contribution < 1.29 is 4.74 Å². The number of hydrogen-bond acceptors (Lipinski definition) is 3. The SMILES string of the molecule is CC(C)N1CC(C)(COc2cccc3c2CNC3)C1. The van der Waals surface area contributed by atoms with E-state index in [0.717, 1.165) is 38.5 Å². The lowest BCUT2D eigenvalue weighted by atomic mass is 9.82. The van der Waals surface area contributed by atoms with Crippen molar-refractivity contribution in [1.82, 2.24) is 10.2 Å². The van der Waals surface area contributed by atoms with Gasteiger partial charge in [-0.3, -0.25) is 4.90 Å². The van der Waals surface area contributed by atoms with Gasteiger partial charge >= 0.3 is 0 Å². The Labute approximate surface area is 115 Å². The number of nitrogens with one attached hydrogen (secondary N) is 1. The van der Waals surface area contributed by atoms with Gasteiger partial charge in [0.05, 0.1) is 6.61 Å². The normalized spacial score (nSPS) is 21.3. The van der Waals surface area contributed by atoms with Crippen LogP contribution >= 0.6 is 0 Å². The van der Waals surface area contributed by atoms with E-state index in [4.69, 9.17) is 4.74 Å². The van der Waals surface area contributed by atoms with Crippen LogP contribution < -0.4 is 10.1 Å². The Kier molecular flexibility index (Phi) is 3.27. The van der Waals surface area contributed by atoms with Gasteiger partial charge in [0, 0.05) is 43.2 Å². The largest absolute Gasteiger partial charge is 0.493 e. The van der Waals surface area contributed by atoms with E-state index >= 15 is 0 Å². The zero-order valence-corrected chi connectivity index (χ0v) is 12.2. The van der Waals surface area contributed by atoms with Crippen molar-refractivity contribution >= 4 is 0 Å². The number of fused-ring (bicyclic) bond motifs is 1. The maximum atomic E-state index is 6.12. The van der Waals surface area contributed by atoms with E-state index < -0.39 is 0 Å². The second-order valence-electron chi connectivity index (χ2n) is 6.60. The van der Waals surface area contributed by atoms with Crippen LogP contribution in [0, 0.1) is 5.41 Å². The van der Waals surface area contributed by atoms with Crippen molar-refractivity contribution in [2.24, 2.45) is 5.41 Å². The third kappa shape index (κ3) is 2.49. The fourth-order valence-corrected chi connectivity index (χ4v) is 3.08. The molecule has 0 saturated carbocycles. The summed E-state index contributed by atoms with van der Waals surface area (Å²) in [7, 11) is 0. The number of likely N-dealkylation sites (tertiary alicyclic amines) is 1. The van der Waals surface area contributed by atoms with Crippen molar-refractivity contribution in [3.05, 3.63) is 29.3 Å². The zero-order valence-electron chi connectivity index (χ0n) is 12.2. The molecule has 2 heterocycles. The number of ether oxygens (including phenoxy) is 1. The van der Waals surface area contributed by atoms with Crippen LogP contribution in [0.25, 0.3) is 0 Å². The molecule has 2 aliphatic rings. The van der Waals surface area contributed by atoms with Gasteiger partial charge in [0.25, 0.3) is 0 Å². The molecule has 3 nitrogen and oxygen atoms in total. The highest BCUT2D eigenvalue weighted by Crippen LogP contribution is 2.33. The molecule has 0 radical (unpaired) electrons. The summed E-state index contributed by atoms with van der Waals surface area (Å²) in [5.41, 5.74) is 3.06. The predicted octanol–water partition coefficient (Wildman–Crippen LogP) is 2.40. The summed E-state index contributed by atoms with van der Waals surface area (Å²) in [4.78, 5) is 2.50. The van der Waals surface area contributed by atoms with E-state index in [0.29, 0.717) is 11.5 Å². The Morgan fingerprint density at radius 1 is 1.32 bits per heavy atom. The van der Waals surface area contributed by atoms with Crippen molar-refractivity contribution in [2.75, 3.05) is 19.7 Å². The van der Waals surface area contributed by atoms with E-state index in [-0.39, 0.29) is 0 Å². The van der Waals surface area contributed by atoms with Crippen molar-refractivity contribution in [3.8, 4) is 5.75 Å². The summed E-state index contributed by atoms with van der Waals surface area (Å²) in [6.07, 6.45) is 0.